The van der Waals surface area contributed by atoms with Crippen molar-refractivity contribution in [1.29, 1.82) is 0 Å². The van der Waals surface area contributed by atoms with Crippen molar-refractivity contribution in [2.24, 2.45) is 5.92 Å². The smallest absolute Gasteiger partial charge is 0.406 e. The molecule has 0 N–H and O–H groups in total. The van der Waals surface area contributed by atoms with Crippen LogP contribution >= 0.6 is 0 Å². The van der Waals surface area contributed by atoms with E-state index in [9.17, 15) is 22.8 Å². The molecule has 2 amide bonds. The maximum absolute atomic E-state index is 13.0. The minimum absolute atomic E-state index is 0.00569. The van der Waals surface area contributed by atoms with Crippen LogP contribution in [0.5, 0.6) is 5.75 Å². The normalized spacial score (nSPS) is 16.9. The number of ether oxygens (including phenoxy) is 1. The van der Waals surface area contributed by atoms with Gasteiger partial charge in [-0.05, 0) is 31.2 Å². The third-order valence-electron chi connectivity index (χ3n) is 4.54. The molecule has 0 spiro atoms. The third kappa shape index (κ3) is 5.10. The van der Waals surface area contributed by atoms with Gasteiger partial charge < -0.3 is 19.0 Å². The van der Waals surface area contributed by atoms with E-state index in [0.29, 0.717) is 22.9 Å². The first-order valence-electron chi connectivity index (χ1n) is 9.18. The Bertz CT molecular complexity index is 852. The number of hydrogen-bond acceptors (Lipinski definition) is 4. The van der Waals surface area contributed by atoms with Crippen LogP contribution in [0.3, 0.4) is 0 Å². The Labute approximate surface area is 165 Å². The second-order valence-corrected chi connectivity index (χ2v) is 6.69. The number of alkyl halides is 3. The van der Waals surface area contributed by atoms with Crippen molar-refractivity contribution >= 4 is 17.5 Å². The van der Waals surface area contributed by atoms with Gasteiger partial charge in [-0.3, -0.25) is 9.59 Å². The number of halogens is 3. The molecule has 1 fully saturated rings. The summed E-state index contributed by atoms with van der Waals surface area (Å²) in [6.07, 6.45) is -3.39. The van der Waals surface area contributed by atoms with Crippen molar-refractivity contribution in [1.82, 2.24) is 4.90 Å². The van der Waals surface area contributed by atoms with Crippen LogP contribution in [-0.2, 0) is 16.1 Å². The van der Waals surface area contributed by atoms with Crippen molar-refractivity contribution in [3.05, 3.63) is 48.4 Å². The molecule has 3 rings (SSSR count). The van der Waals surface area contributed by atoms with Gasteiger partial charge in [-0.25, -0.2) is 0 Å². The van der Waals surface area contributed by atoms with Gasteiger partial charge in [0, 0.05) is 13.0 Å². The summed E-state index contributed by atoms with van der Waals surface area (Å²) in [4.78, 5) is 27.5. The number of furan rings is 1. The van der Waals surface area contributed by atoms with Crippen LogP contribution in [0.15, 0.2) is 47.1 Å². The van der Waals surface area contributed by atoms with Gasteiger partial charge >= 0.3 is 6.18 Å². The summed E-state index contributed by atoms with van der Waals surface area (Å²) >= 11 is 0. The fourth-order valence-electron chi connectivity index (χ4n) is 3.34. The quantitative estimate of drug-likeness (QED) is 0.700. The monoisotopic (exact) mass is 410 g/mol. The van der Waals surface area contributed by atoms with Crippen LogP contribution in [0.1, 0.15) is 19.1 Å². The van der Waals surface area contributed by atoms with E-state index in [4.69, 9.17) is 9.15 Å². The first-order valence-corrected chi connectivity index (χ1v) is 9.18. The molecular formula is C20H21F3N2O4. The average Bonchev–Trinajstić information content (AvgIpc) is 3.30. The van der Waals surface area contributed by atoms with Crippen molar-refractivity contribution in [3.63, 3.8) is 0 Å². The third-order valence-corrected chi connectivity index (χ3v) is 4.54. The van der Waals surface area contributed by atoms with E-state index in [1.165, 1.54) is 23.3 Å². The highest BCUT2D eigenvalue weighted by atomic mass is 19.4. The topological polar surface area (TPSA) is 63.0 Å². The number of benzene rings is 1. The highest BCUT2D eigenvalue weighted by Gasteiger charge is 2.41. The fourth-order valence-corrected chi connectivity index (χ4v) is 3.34. The lowest BCUT2D eigenvalue weighted by Gasteiger charge is -2.26. The van der Waals surface area contributed by atoms with Gasteiger partial charge in [-0.1, -0.05) is 12.1 Å². The van der Waals surface area contributed by atoms with Crippen LogP contribution in [0.2, 0.25) is 0 Å². The lowest BCUT2D eigenvalue weighted by atomic mass is 10.1. The molecule has 29 heavy (non-hydrogen) atoms. The summed E-state index contributed by atoms with van der Waals surface area (Å²) in [5.74, 6) is -1.22. The predicted molar refractivity (Wildman–Crippen MR) is 98.3 cm³/mol. The zero-order valence-corrected chi connectivity index (χ0v) is 15.8. The minimum Gasteiger partial charge on any atom is -0.492 e. The second kappa shape index (κ2) is 8.59. The number of hydrogen-bond donors (Lipinski definition) is 0. The number of nitrogens with zero attached hydrogens (tertiary/aromatic N) is 2. The Morgan fingerprint density at radius 3 is 2.69 bits per heavy atom. The average molecular weight is 410 g/mol. The first-order chi connectivity index (χ1) is 13.8. The Kier molecular flexibility index (Phi) is 6.14. The fraction of sp³-hybridized carbons (Fsp3) is 0.400. The van der Waals surface area contributed by atoms with E-state index in [1.54, 1.807) is 31.2 Å². The molecule has 0 radical (unpaired) electrons. The SMILES string of the molecule is CCOc1ccccc1N1CC(C(=O)N(Cc2ccco2)CC(F)(F)F)CC1=O. The summed E-state index contributed by atoms with van der Waals surface area (Å²) in [6, 6.07) is 9.91. The molecule has 9 heteroatoms. The first kappa shape index (κ1) is 20.8. The molecule has 2 aromatic rings. The van der Waals surface area contributed by atoms with Crippen LogP contribution in [0.4, 0.5) is 18.9 Å². The maximum atomic E-state index is 13.0. The molecule has 1 aliphatic heterocycles. The molecule has 1 aromatic carbocycles. The zero-order chi connectivity index (χ0) is 21.0. The molecule has 1 unspecified atom stereocenters. The van der Waals surface area contributed by atoms with Crippen LogP contribution in [0.25, 0.3) is 0 Å². The Balaban J connectivity index is 1.78. The number of carbonyl (C=O) groups is 2. The summed E-state index contributed by atoms with van der Waals surface area (Å²) < 4.78 is 49.7. The molecule has 156 valence electrons. The minimum atomic E-state index is -4.56. The van der Waals surface area contributed by atoms with E-state index in [1.807, 2.05) is 0 Å². The zero-order valence-electron chi connectivity index (χ0n) is 15.8. The highest BCUT2D eigenvalue weighted by molar-refractivity contribution is 6.01. The molecule has 1 atom stereocenters. The molecule has 1 saturated heterocycles. The number of amides is 2. The molecule has 0 aliphatic carbocycles. The Hall–Kier alpha value is -2.97. The molecule has 2 heterocycles. The number of para-hydroxylation sites is 2. The largest absolute Gasteiger partial charge is 0.492 e. The maximum Gasteiger partial charge on any atom is 0.406 e. The summed E-state index contributed by atoms with van der Waals surface area (Å²) in [7, 11) is 0. The standard InChI is InChI=1S/C20H21F3N2O4/c1-2-28-17-8-4-3-7-16(17)25-11-14(10-18(25)26)19(27)24(13-20(21,22)23)12-15-6-5-9-29-15/h3-9,14H,2,10-13H2,1H3. The van der Waals surface area contributed by atoms with Gasteiger partial charge in [-0.15, -0.1) is 0 Å². The van der Waals surface area contributed by atoms with Crippen LogP contribution in [0, 0.1) is 5.92 Å². The molecule has 1 aromatic heterocycles. The summed E-state index contributed by atoms with van der Waals surface area (Å²) in [5.41, 5.74) is 0.503. The van der Waals surface area contributed by atoms with Gasteiger partial charge in [-0.2, -0.15) is 13.2 Å². The number of carbonyl (C=O) groups excluding carboxylic acids is 2. The van der Waals surface area contributed by atoms with Gasteiger partial charge in [0.1, 0.15) is 18.1 Å². The van der Waals surface area contributed by atoms with Gasteiger partial charge in [0.15, 0.2) is 0 Å². The molecular weight excluding hydrogens is 389 g/mol. The second-order valence-electron chi connectivity index (χ2n) is 6.69. The van der Waals surface area contributed by atoms with Gasteiger partial charge in [0.2, 0.25) is 11.8 Å². The highest BCUT2D eigenvalue weighted by Crippen LogP contribution is 2.34. The summed E-state index contributed by atoms with van der Waals surface area (Å²) in [5, 5.41) is 0. The van der Waals surface area contributed by atoms with E-state index in [2.05, 4.69) is 0 Å². The van der Waals surface area contributed by atoms with Gasteiger partial charge in [0.25, 0.3) is 0 Å². The molecule has 6 nitrogen and oxygen atoms in total. The Morgan fingerprint density at radius 2 is 2.03 bits per heavy atom. The lowest BCUT2D eigenvalue weighted by molar-refractivity contribution is -0.165. The van der Waals surface area contributed by atoms with E-state index in [0.717, 1.165) is 0 Å². The molecule has 0 saturated carbocycles. The van der Waals surface area contributed by atoms with Crippen molar-refractivity contribution in [2.45, 2.75) is 26.1 Å². The Morgan fingerprint density at radius 1 is 1.28 bits per heavy atom. The lowest BCUT2D eigenvalue weighted by Crippen LogP contribution is -2.42. The van der Waals surface area contributed by atoms with Crippen LogP contribution < -0.4 is 9.64 Å². The van der Waals surface area contributed by atoms with Crippen molar-refractivity contribution in [2.75, 3.05) is 24.6 Å². The molecule has 0 bridgehead atoms. The van der Waals surface area contributed by atoms with E-state index < -0.39 is 24.5 Å². The number of rotatable bonds is 7. The summed E-state index contributed by atoms with van der Waals surface area (Å²) in [6.45, 7) is 0.467. The van der Waals surface area contributed by atoms with Crippen molar-refractivity contribution in [3.8, 4) is 5.75 Å². The molecule has 1 aliphatic rings. The van der Waals surface area contributed by atoms with Gasteiger partial charge in [0.05, 0.1) is 31.0 Å². The predicted octanol–water partition coefficient (Wildman–Crippen LogP) is 3.62. The van der Waals surface area contributed by atoms with E-state index in [-0.39, 0.29) is 31.2 Å². The van der Waals surface area contributed by atoms with Crippen LogP contribution in [-0.4, -0.2) is 42.6 Å². The van der Waals surface area contributed by atoms with E-state index >= 15 is 0 Å². The van der Waals surface area contributed by atoms with Crippen molar-refractivity contribution < 1.29 is 31.9 Å². The number of anilines is 1.